The molecule has 1 atom stereocenters. The van der Waals surface area contributed by atoms with Crippen LogP contribution in [-0.4, -0.2) is 12.5 Å². The van der Waals surface area contributed by atoms with Crippen molar-refractivity contribution in [3.63, 3.8) is 0 Å². The third kappa shape index (κ3) is 1.45. The van der Waals surface area contributed by atoms with Crippen LogP contribution in [0.4, 0.5) is 0 Å². The zero-order chi connectivity index (χ0) is 6.69. The second kappa shape index (κ2) is 2.53. The molecular formula is C6H10N2O. The molecule has 0 aromatic carbocycles. The van der Waals surface area contributed by atoms with Crippen molar-refractivity contribution in [1.29, 1.82) is 0 Å². The lowest BCUT2D eigenvalue weighted by Gasteiger charge is -2.12. The summed E-state index contributed by atoms with van der Waals surface area (Å²) < 4.78 is 0. The largest absolute Gasteiger partial charge is 0.391 e. The minimum Gasteiger partial charge on any atom is -0.391 e. The van der Waals surface area contributed by atoms with Gasteiger partial charge in [-0.05, 0) is 12.6 Å². The first-order chi connectivity index (χ1) is 4.30. The number of hydrogen-bond acceptors (Lipinski definition) is 2. The number of primary amides is 1. The Labute approximate surface area is 53.9 Å². The Morgan fingerprint density at radius 1 is 1.78 bits per heavy atom. The van der Waals surface area contributed by atoms with E-state index in [0.29, 0.717) is 0 Å². The standard InChI is InChI=1S/C6H10N2O/c7-6(9)5-1-3-8-4-2-5/h1,3,5,8H,2,4H2,(H2,7,9). The van der Waals surface area contributed by atoms with Crippen molar-refractivity contribution in [3.8, 4) is 0 Å². The van der Waals surface area contributed by atoms with Crippen molar-refractivity contribution in [2.45, 2.75) is 6.42 Å². The van der Waals surface area contributed by atoms with Crippen molar-refractivity contribution < 1.29 is 4.79 Å². The van der Waals surface area contributed by atoms with Crippen LogP contribution in [0.15, 0.2) is 12.3 Å². The second-order valence-corrected chi connectivity index (χ2v) is 2.11. The Morgan fingerprint density at radius 2 is 2.56 bits per heavy atom. The molecular weight excluding hydrogens is 116 g/mol. The number of rotatable bonds is 1. The van der Waals surface area contributed by atoms with E-state index in [0.717, 1.165) is 13.0 Å². The predicted octanol–water partition coefficient (Wildman–Crippen LogP) is -0.405. The van der Waals surface area contributed by atoms with Crippen LogP contribution in [0.3, 0.4) is 0 Å². The zero-order valence-electron chi connectivity index (χ0n) is 5.13. The maximum Gasteiger partial charge on any atom is 0.224 e. The van der Waals surface area contributed by atoms with E-state index in [4.69, 9.17) is 5.73 Å². The van der Waals surface area contributed by atoms with Gasteiger partial charge in [-0.25, -0.2) is 0 Å². The van der Waals surface area contributed by atoms with Gasteiger partial charge in [0.1, 0.15) is 0 Å². The highest BCUT2D eigenvalue weighted by atomic mass is 16.1. The first-order valence-electron chi connectivity index (χ1n) is 3.00. The Morgan fingerprint density at radius 3 is 2.89 bits per heavy atom. The summed E-state index contributed by atoms with van der Waals surface area (Å²) in [5.41, 5.74) is 5.05. The lowest BCUT2D eigenvalue weighted by atomic mass is 10.0. The first-order valence-corrected chi connectivity index (χ1v) is 3.00. The van der Waals surface area contributed by atoms with Gasteiger partial charge in [-0.15, -0.1) is 0 Å². The maximum absolute atomic E-state index is 10.5. The SMILES string of the molecule is NC(=O)C1C=CNCC1. The van der Waals surface area contributed by atoms with Crippen molar-refractivity contribution in [3.05, 3.63) is 12.3 Å². The third-order valence-corrected chi connectivity index (χ3v) is 1.41. The number of carbonyl (C=O) groups is 1. The van der Waals surface area contributed by atoms with E-state index in [-0.39, 0.29) is 11.8 Å². The van der Waals surface area contributed by atoms with Crippen LogP contribution in [0.2, 0.25) is 0 Å². The van der Waals surface area contributed by atoms with Crippen molar-refractivity contribution in [2.75, 3.05) is 6.54 Å². The molecule has 9 heavy (non-hydrogen) atoms. The van der Waals surface area contributed by atoms with E-state index in [2.05, 4.69) is 5.32 Å². The van der Waals surface area contributed by atoms with Gasteiger partial charge in [0.15, 0.2) is 0 Å². The van der Waals surface area contributed by atoms with Crippen LogP contribution in [0.5, 0.6) is 0 Å². The lowest BCUT2D eigenvalue weighted by molar-refractivity contribution is -0.120. The summed E-state index contributed by atoms with van der Waals surface area (Å²) in [5, 5.41) is 2.98. The van der Waals surface area contributed by atoms with Gasteiger partial charge in [0.25, 0.3) is 0 Å². The normalized spacial score (nSPS) is 25.1. The van der Waals surface area contributed by atoms with Crippen LogP contribution in [0.25, 0.3) is 0 Å². The van der Waals surface area contributed by atoms with Gasteiger partial charge in [0.2, 0.25) is 5.91 Å². The molecule has 1 aliphatic heterocycles. The fraction of sp³-hybridized carbons (Fsp3) is 0.500. The van der Waals surface area contributed by atoms with Crippen LogP contribution in [-0.2, 0) is 4.79 Å². The smallest absolute Gasteiger partial charge is 0.224 e. The molecule has 50 valence electrons. The Bertz CT molecular complexity index is 142. The van der Waals surface area contributed by atoms with Crippen LogP contribution >= 0.6 is 0 Å². The van der Waals surface area contributed by atoms with E-state index >= 15 is 0 Å². The molecule has 0 saturated carbocycles. The number of nitrogens with one attached hydrogen (secondary N) is 1. The Kier molecular flexibility index (Phi) is 1.72. The summed E-state index contributed by atoms with van der Waals surface area (Å²) in [6.45, 7) is 0.851. The van der Waals surface area contributed by atoms with Gasteiger partial charge in [0, 0.05) is 6.54 Å². The molecule has 0 aromatic rings. The highest BCUT2D eigenvalue weighted by Crippen LogP contribution is 2.05. The van der Waals surface area contributed by atoms with Crippen LogP contribution in [0.1, 0.15) is 6.42 Å². The summed E-state index contributed by atoms with van der Waals surface area (Å²) in [4.78, 5) is 10.5. The quantitative estimate of drug-likeness (QED) is 0.502. The molecule has 1 amide bonds. The Hall–Kier alpha value is -0.990. The molecule has 0 bridgehead atoms. The number of carbonyl (C=O) groups excluding carboxylic acids is 1. The average Bonchev–Trinajstić information content (AvgIpc) is 1.90. The molecule has 0 fully saturated rings. The summed E-state index contributed by atoms with van der Waals surface area (Å²) in [6, 6.07) is 0. The first kappa shape index (κ1) is 6.13. The van der Waals surface area contributed by atoms with Gasteiger partial charge < -0.3 is 11.1 Å². The number of hydrogen-bond donors (Lipinski definition) is 2. The maximum atomic E-state index is 10.5. The highest BCUT2D eigenvalue weighted by molar-refractivity contribution is 5.78. The van der Waals surface area contributed by atoms with E-state index in [1.165, 1.54) is 0 Å². The highest BCUT2D eigenvalue weighted by Gasteiger charge is 2.12. The molecule has 1 unspecified atom stereocenters. The summed E-state index contributed by atoms with van der Waals surface area (Å²) in [6.07, 6.45) is 4.40. The van der Waals surface area contributed by atoms with Crippen molar-refractivity contribution in [1.82, 2.24) is 5.32 Å². The van der Waals surface area contributed by atoms with Crippen molar-refractivity contribution in [2.24, 2.45) is 11.7 Å². The van der Waals surface area contributed by atoms with E-state index in [9.17, 15) is 4.79 Å². The summed E-state index contributed by atoms with van der Waals surface area (Å²) >= 11 is 0. The molecule has 0 saturated heterocycles. The van der Waals surface area contributed by atoms with E-state index in [1.807, 2.05) is 0 Å². The van der Waals surface area contributed by atoms with E-state index in [1.54, 1.807) is 12.3 Å². The monoisotopic (exact) mass is 126 g/mol. The Balaban J connectivity index is 2.50. The van der Waals surface area contributed by atoms with Crippen molar-refractivity contribution >= 4 is 5.91 Å². The fourth-order valence-corrected chi connectivity index (χ4v) is 0.840. The van der Waals surface area contributed by atoms with E-state index < -0.39 is 0 Å². The number of nitrogens with two attached hydrogens (primary N) is 1. The predicted molar refractivity (Wildman–Crippen MR) is 34.4 cm³/mol. The second-order valence-electron chi connectivity index (χ2n) is 2.11. The molecule has 1 heterocycles. The summed E-state index contributed by atoms with van der Waals surface area (Å²) in [7, 11) is 0. The van der Waals surface area contributed by atoms with Gasteiger partial charge in [-0.3, -0.25) is 4.79 Å². The molecule has 0 spiro atoms. The van der Waals surface area contributed by atoms with Gasteiger partial charge in [-0.1, -0.05) is 6.08 Å². The molecule has 1 aliphatic rings. The lowest BCUT2D eigenvalue weighted by Crippen LogP contribution is -2.28. The zero-order valence-corrected chi connectivity index (χ0v) is 5.13. The minimum absolute atomic E-state index is 0.0498. The average molecular weight is 126 g/mol. The molecule has 0 radical (unpaired) electrons. The number of amides is 1. The van der Waals surface area contributed by atoms with Gasteiger partial charge >= 0.3 is 0 Å². The fourth-order valence-electron chi connectivity index (χ4n) is 0.840. The molecule has 3 nitrogen and oxygen atoms in total. The minimum atomic E-state index is -0.229. The van der Waals surface area contributed by atoms with Gasteiger partial charge in [-0.2, -0.15) is 0 Å². The summed E-state index contributed by atoms with van der Waals surface area (Å²) in [5.74, 6) is -0.279. The topological polar surface area (TPSA) is 55.1 Å². The molecule has 0 aromatic heterocycles. The van der Waals surface area contributed by atoms with Crippen LogP contribution in [0, 0.1) is 5.92 Å². The molecule has 3 N–H and O–H groups in total. The third-order valence-electron chi connectivity index (χ3n) is 1.41. The molecule has 0 aliphatic carbocycles. The van der Waals surface area contributed by atoms with Gasteiger partial charge in [0.05, 0.1) is 5.92 Å². The molecule has 3 heteroatoms. The van der Waals surface area contributed by atoms with Crippen LogP contribution < -0.4 is 11.1 Å². The molecule has 1 rings (SSSR count).